The lowest BCUT2D eigenvalue weighted by Crippen LogP contribution is -2.24. The van der Waals surface area contributed by atoms with Crippen molar-refractivity contribution in [2.24, 2.45) is 5.92 Å². The maximum atomic E-state index is 9.82. The number of aliphatic hydroxyl groups excluding tert-OH is 1. The fourth-order valence-corrected chi connectivity index (χ4v) is 1.47. The molecular formula is C14H23NO2. The quantitative estimate of drug-likeness (QED) is 0.825. The van der Waals surface area contributed by atoms with Crippen LogP contribution in [0.15, 0.2) is 24.3 Å². The first-order valence-electron chi connectivity index (χ1n) is 6.12. The van der Waals surface area contributed by atoms with Crippen LogP contribution in [-0.4, -0.2) is 31.9 Å². The molecule has 1 aromatic carbocycles. The molecule has 0 heterocycles. The van der Waals surface area contributed by atoms with Gasteiger partial charge in [-0.25, -0.2) is 0 Å². The van der Waals surface area contributed by atoms with Crippen LogP contribution < -0.4 is 9.64 Å². The topological polar surface area (TPSA) is 32.7 Å². The van der Waals surface area contributed by atoms with E-state index in [1.807, 2.05) is 50.2 Å². The first kappa shape index (κ1) is 13.8. The molecule has 0 aromatic heterocycles. The average molecular weight is 237 g/mol. The van der Waals surface area contributed by atoms with Crippen molar-refractivity contribution in [1.82, 2.24) is 0 Å². The molecule has 2 unspecified atom stereocenters. The van der Waals surface area contributed by atoms with Crippen molar-refractivity contribution in [3.8, 4) is 5.75 Å². The minimum atomic E-state index is -0.400. The maximum Gasteiger partial charge on any atom is 0.121 e. The summed E-state index contributed by atoms with van der Waals surface area (Å²) in [5, 5.41) is 9.82. The van der Waals surface area contributed by atoms with E-state index in [4.69, 9.17) is 4.74 Å². The summed E-state index contributed by atoms with van der Waals surface area (Å²) in [5.41, 5.74) is 1.10. The fourth-order valence-electron chi connectivity index (χ4n) is 1.47. The molecule has 0 radical (unpaired) electrons. The van der Waals surface area contributed by atoms with E-state index in [9.17, 15) is 5.11 Å². The number of anilines is 1. The number of aliphatic hydroxyl groups is 1. The van der Waals surface area contributed by atoms with Crippen LogP contribution in [0.1, 0.15) is 20.3 Å². The van der Waals surface area contributed by atoms with E-state index >= 15 is 0 Å². The molecule has 0 aliphatic heterocycles. The van der Waals surface area contributed by atoms with Gasteiger partial charge in [-0.1, -0.05) is 26.3 Å². The molecule has 0 aliphatic carbocycles. The van der Waals surface area contributed by atoms with Gasteiger partial charge in [-0.2, -0.15) is 0 Å². The molecule has 1 aromatic rings. The summed E-state index contributed by atoms with van der Waals surface area (Å²) in [6.45, 7) is 4.46. The highest BCUT2D eigenvalue weighted by molar-refractivity contribution is 5.49. The fraction of sp³-hybridized carbons (Fsp3) is 0.571. The van der Waals surface area contributed by atoms with Gasteiger partial charge < -0.3 is 14.7 Å². The Hall–Kier alpha value is -1.22. The highest BCUT2D eigenvalue weighted by atomic mass is 16.5. The standard InChI is InChI=1S/C14H23NO2/c1-5-11(2)14(16)10-17-13-8-6-7-12(9-13)15(3)4/h6-9,11,14,16H,5,10H2,1-4H3. The Kier molecular flexibility index (Phi) is 5.29. The van der Waals surface area contributed by atoms with Gasteiger partial charge in [0.25, 0.3) is 0 Å². The van der Waals surface area contributed by atoms with Crippen molar-refractivity contribution in [1.29, 1.82) is 0 Å². The molecule has 1 N–H and O–H groups in total. The number of nitrogens with zero attached hydrogens (tertiary/aromatic N) is 1. The van der Waals surface area contributed by atoms with Gasteiger partial charge >= 0.3 is 0 Å². The normalized spacial score (nSPS) is 14.2. The molecule has 17 heavy (non-hydrogen) atoms. The predicted octanol–water partition coefficient (Wildman–Crippen LogP) is 2.54. The molecule has 0 saturated heterocycles. The first-order chi connectivity index (χ1) is 8.04. The van der Waals surface area contributed by atoms with E-state index in [0.29, 0.717) is 6.61 Å². The first-order valence-corrected chi connectivity index (χ1v) is 6.12. The van der Waals surface area contributed by atoms with Crippen molar-refractivity contribution in [3.63, 3.8) is 0 Å². The molecule has 0 aliphatic rings. The Balaban J connectivity index is 2.54. The van der Waals surface area contributed by atoms with E-state index in [1.165, 1.54) is 0 Å². The summed E-state index contributed by atoms with van der Waals surface area (Å²) in [5.74, 6) is 1.07. The van der Waals surface area contributed by atoms with E-state index in [0.717, 1.165) is 17.9 Å². The van der Waals surface area contributed by atoms with Crippen molar-refractivity contribution < 1.29 is 9.84 Å². The molecule has 96 valence electrons. The Morgan fingerprint density at radius 3 is 2.65 bits per heavy atom. The van der Waals surface area contributed by atoms with E-state index in [1.54, 1.807) is 0 Å². The lowest BCUT2D eigenvalue weighted by molar-refractivity contribution is 0.0622. The number of benzene rings is 1. The molecule has 2 atom stereocenters. The molecule has 0 saturated carbocycles. The Labute approximate surface area is 104 Å². The van der Waals surface area contributed by atoms with Gasteiger partial charge in [0.1, 0.15) is 12.4 Å². The van der Waals surface area contributed by atoms with Crippen molar-refractivity contribution in [2.75, 3.05) is 25.6 Å². The molecule has 3 heteroatoms. The number of hydrogen-bond acceptors (Lipinski definition) is 3. The zero-order valence-electron chi connectivity index (χ0n) is 11.2. The number of ether oxygens (including phenoxy) is 1. The van der Waals surface area contributed by atoms with Gasteiger partial charge in [-0.05, 0) is 18.1 Å². The van der Waals surface area contributed by atoms with E-state index in [-0.39, 0.29) is 5.92 Å². The molecule has 1 rings (SSSR count). The summed E-state index contributed by atoms with van der Waals surface area (Å²) in [6.07, 6.45) is 0.561. The minimum Gasteiger partial charge on any atom is -0.491 e. The molecule has 0 bridgehead atoms. The second kappa shape index (κ2) is 6.50. The van der Waals surface area contributed by atoms with Crippen LogP contribution in [0.3, 0.4) is 0 Å². The second-order valence-corrected chi connectivity index (χ2v) is 4.66. The Bertz CT molecular complexity index is 339. The van der Waals surface area contributed by atoms with Crippen LogP contribution in [-0.2, 0) is 0 Å². The second-order valence-electron chi connectivity index (χ2n) is 4.66. The van der Waals surface area contributed by atoms with Crippen molar-refractivity contribution in [3.05, 3.63) is 24.3 Å². The van der Waals surface area contributed by atoms with E-state index in [2.05, 4.69) is 6.92 Å². The average Bonchev–Trinajstić information content (AvgIpc) is 2.35. The van der Waals surface area contributed by atoms with Crippen LogP contribution in [0, 0.1) is 5.92 Å². The molecule has 0 amide bonds. The van der Waals surface area contributed by atoms with Crippen LogP contribution in [0.25, 0.3) is 0 Å². The van der Waals surface area contributed by atoms with Crippen LogP contribution in [0.4, 0.5) is 5.69 Å². The Morgan fingerprint density at radius 2 is 2.06 bits per heavy atom. The zero-order valence-corrected chi connectivity index (χ0v) is 11.2. The van der Waals surface area contributed by atoms with Gasteiger partial charge in [0.05, 0.1) is 6.10 Å². The highest BCUT2D eigenvalue weighted by Gasteiger charge is 2.12. The molecular weight excluding hydrogens is 214 g/mol. The van der Waals surface area contributed by atoms with Gasteiger partial charge in [-0.3, -0.25) is 0 Å². The van der Waals surface area contributed by atoms with E-state index < -0.39 is 6.10 Å². The monoisotopic (exact) mass is 237 g/mol. The van der Waals surface area contributed by atoms with Gasteiger partial charge in [0, 0.05) is 25.8 Å². The Morgan fingerprint density at radius 1 is 1.35 bits per heavy atom. The third-order valence-electron chi connectivity index (χ3n) is 3.06. The van der Waals surface area contributed by atoms with Gasteiger partial charge in [0.2, 0.25) is 0 Å². The van der Waals surface area contributed by atoms with Crippen molar-refractivity contribution in [2.45, 2.75) is 26.4 Å². The highest BCUT2D eigenvalue weighted by Crippen LogP contribution is 2.20. The number of rotatable bonds is 6. The molecule has 0 spiro atoms. The number of hydrogen-bond donors (Lipinski definition) is 1. The largest absolute Gasteiger partial charge is 0.491 e. The smallest absolute Gasteiger partial charge is 0.121 e. The van der Waals surface area contributed by atoms with Gasteiger partial charge in [0.15, 0.2) is 0 Å². The zero-order chi connectivity index (χ0) is 12.8. The summed E-state index contributed by atoms with van der Waals surface area (Å²) >= 11 is 0. The van der Waals surface area contributed by atoms with Crippen LogP contribution in [0.5, 0.6) is 5.75 Å². The SMILES string of the molecule is CCC(C)C(O)COc1cccc(N(C)C)c1. The maximum absolute atomic E-state index is 9.82. The summed E-state index contributed by atoms with van der Waals surface area (Å²) < 4.78 is 5.60. The van der Waals surface area contributed by atoms with Crippen LogP contribution in [0.2, 0.25) is 0 Å². The summed E-state index contributed by atoms with van der Waals surface area (Å²) in [6, 6.07) is 7.87. The van der Waals surface area contributed by atoms with Gasteiger partial charge in [-0.15, -0.1) is 0 Å². The predicted molar refractivity (Wildman–Crippen MR) is 71.7 cm³/mol. The molecule has 0 fully saturated rings. The molecule has 3 nitrogen and oxygen atoms in total. The minimum absolute atomic E-state index is 0.270. The third-order valence-corrected chi connectivity index (χ3v) is 3.06. The summed E-state index contributed by atoms with van der Waals surface area (Å²) in [4.78, 5) is 2.03. The summed E-state index contributed by atoms with van der Waals surface area (Å²) in [7, 11) is 3.99. The third kappa shape index (κ3) is 4.27. The van der Waals surface area contributed by atoms with Crippen molar-refractivity contribution >= 4 is 5.69 Å². The van der Waals surface area contributed by atoms with Crippen LogP contribution >= 0.6 is 0 Å². The lowest BCUT2D eigenvalue weighted by Gasteiger charge is -2.18. The lowest BCUT2D eigenvalue weighted by atomic mass is 10.0.